The van der Waals surface area contributed by atoms with Crippen molar-refractivity contribution in [3.63, 3.8) is 0 Å². The minimum atomic E-state index is -3.87. The lowest BCUT2D eigenvalue weighted by atomic mass is 10.1. The molecule has 1 heterocycles. The lowest BCUT2D eigenvalue weighted by Crippen LogP contribution is -2.42. The van der Waals surface area contributed by atoms with Gasteiger partial charge in [0.15, 0.2) is 5.78 Å². The van der Waals surface area contributed by atoms with Gasteiger partial charge in [-0.05, 0) is 54.3 Å². The average molecular weight is 542 g/mol. The molecule has 1 amide bonds. The van der Waals surface area contributed by atoms with E-state index in [1.54, 1.807) is 54.6 Å². The fourth-order valence-electron chi connectivity index (χ4n) is 4.00. The Labute approximate surface area is 217 Å². The molecule has 0 aliphatic carbocycles. The van der Waals surface area contributed by atoms with Crippen molar-refractivity contribution in [2.45, 2.75) is 28.7 Å². The first kappa shape index (κ1) is 26.7. The molecule has 1 atom stereocenters. The van der Waals surface area contributed by atoms with Gasteiger partial charge in [0.1, 0.15) is 11.9 Å². The SMILES string of the molecule is O=C(CNC(=O)c1ccccc1OC1CCN(S(=O)(=O)c2cccc(S(=O)[O-])c2)CC1)c1ccccc1. The average Bonchev–Trinajstić information content (AvgIpc) is 2.92. The zero-order valence-corrected chi connectivity index (χ0v) is 21.4. The lowest BCUT2D eigenvalue weighted by Gasteiger charge is -2.31. The molecule has 1 N–H and O–H groups in total. The van der Waals surface area contributed by atoms with Crippen LogP contribution in [0.3, 0.4) is 0 Å². The molecule has 0 saturated carbocycles. The molecule has 0 radical (unpaired) electrons. The van der Waals surface area contributed by atoms with Crippen molar-refractivity contribution in [1.29, 1.82) is 0 Å². The van der Waals surface area contributed by atoms with Gasteiger partial charge in [-0.1, -0.05) is 48.5 Å². The van der Waals surface area contributed by atoms with Crippen LogP contribution in [0.25, 0.3) is 0 Å². The van der Waals surface area contributed by atoms with E-state index >= 15 is 0 Å². The van der Waals surface area contributed by atoms with Crippen LogP contribution in [0.1, 0.15) is 33.6 Å². The summed E-state index contributed by atoms with van der Waals surface area (Å²) < 4.78 is 55.8. The van der Waals surface area contributed by atoms with Crippen molar-refractivity contribution >= 4 is 32.8 Å². The third kappa shape index (κ3) is 6.50. The second-order valence-corrected chi connectivity index (χ2v) is 11.3. The number of nitrogens with zero attached hydrogens (tertiary/aromatic N) is 1. The second kappa shape index (κ2) is 11.8. The maximum Gasteiger partial charge on any atom is 0.255 e. The Balaban J connectivity index is 1.37. The third-order valence-corrected chi connectivity index (χ3v) is 8.50. The van der Waals surface area contributed by atoms with Gasteiger partial charge in [0.2, 0.25) is 10.0 Å². The summed E-state index contributed by atoms with van der Waals surface area (Å²) >= 11 is -2.53. The van der Waals surface area contributed by atoms with Gasteiger partial charge in [0, 0.05) is 23.5 Å². The first-order valence-corrected chi connectivity index (χ1v) is 14.1. The second-order valence-electron chi connectivity index (χ2n) is 8.40. The summed E-state index contributed by atoms with van der Waals surface area (Å²) in [5.41, 5.74) is 0.780. The number of carbonyl (C=O) groups is 2. The fourth-order valence-corrected chi connectivity index (χ4v) is 6.00. The first-order valence-electron chi connectivity index (χ1n) is 11.6. The maximum absolute atomic E-state index is 13.0. The molecule has 4 rings (SSSR count). The predicted molar refractivity (Wildman–Crippen MR) is 136 cm³/mol. The molecule has 1 aliphatic rings. The number of rotatable bonds is 9. The van der Waals surface area contributed by atoms with Crippen LogP contribution in [0.5, 0.6) is 5.75 Å². The van der Waals surface area contributed by atoms with E-state index in [-0.39, 0.29) is 46.9 Å². The van der Waals surface area contributed by atoms with Crippen molar-refractivity contribution in [2.24, 2.45) is 0 Å². The van der Waals surface area contributed by atoms with Gasteiger partial charge in [0.05, 0.1) is 17.0 Å². The van der Waals surface area contributed by atoms with Crippen LogP contribution in [0.4, 0.5) is 0 Å². The Morgan fingerprint density at radius 1 is 0.973 bits per heavy atom. The van der Waals surface area contributed by atoms with Gasteiger partial charge < -0.3 is 14.6 Å². The van der Waals surface area contributed by atoms with Gasteiger partial charge in [-0.3, -0.25) is 13.8 Å². The fraction of sp³-hybridized carbons (Fsp3) is 0.231. The number of hydrogen-bond acceptors (Lipinski definition) is 7. The topological polar surface area (TPSA) is 133 Å². The molecule has 0 spiro atoms. The lowest BCUT2D eigenvalue weighted by molar-refractivity contribution is 0.0894. The summed E-state index contributed by atoms with van der Waals surface area (Å²) in [6, 6.07) is 20.6. The molecule has 1 saturated heterocycles. The summed E-state index contributed by atoms with van der Waals surface area (Å²) in [4.78, 5) is 24.9. The number of ether oxygens (including phenoxy) is 1. The molecule has 1 fully saturated rings. The van der Waals surface area contributed by atoms with Crippen molar-refractivity contribution in [2.75, 3.05) is 19.6 Å². The molecular weight excluding hydrogens is 516 g/mol. The van der Waals surface area contributed by atoms with Crippen LogP contribution in [0, 0.1) is 0 Å². The summed E-state index contributed by atoms with van der Waals surface area (Å²) in [5, 5.41) is 2.63. The largest absolute Gasteiger partial charge is 0.768 e. The predicted octanol–water partition coefficient (Wildman–Crippen LogP) is 2.77. The number of nitrogens with one attached hydrogen (secondary N) is 1. The van der Waals surface area contributed by atoms with Crippen LogP contribution in [-0.4, -0.2) is 58.9 Å². The molecule has 194 valence electrons. The first-order chi connectivity index (χ1) is 17.8. The smallest absolute Gasteiger partial charge is 0.255 e. The van der Waals surface area contributed by atoms with Gasteiger partial charge in [-0.25, -0.2) is 8.42 Å². The quantitative estimate of drug-likeness (QED) is 0.325. The summed E-state index contributed by atoms with van der Waals surface area (Å²) in [6.45, 7) is 0.198. The van der Waals surface area contributed by atoms with Gasteiger partial charge >= 0.3 is 0 Å². The Morgan fingerprint density at radius 3 is 2.35 bits per heavy atom. The zero-order valence-electron chi connectivity index (χ0n) is 19.7. The maximum atomic E-state index is 13.0. The standard InChI is InChI=1S/C26H26N2O7S2/c29-24(19-7-2-1-3-8-19)18-27-26(30)23-11-4-5-12-25(23)35-20-13-15-28(16-14-20)37(33,34)22-10-6-9-21(17-22)36(31)32/h1-12,17,20H,13-16,18H2,(H,27,30)(H,31,32)/p-1. The normalized spacial score (nSPS) is 15.6. The van der Waals surface area contributed by atoms with E-state index in [0.717, 1.165) is 6.07 Å². The highest BCUT2D eigenvalue weighted by Crippen LogP contribution is 2.26. The highest BCUT2D eigenvalue weighted by Gasteiger charge is 2.31. The third-order valence-electron chi connectivity index (χ3n) is 5.97. The summed E-state index contributed by atoms with van der Waals surface area (Å²) in [6.07, 6.45) is 0.441. The molecule has 1 unspecified atom stereocenters. The summed E-state index contributed by atoms with van der Waals surface area (Å²) in [7, 11) is -3.87. The molecule has 1 aliphatic heterocycles. The van der Waals surface area contributed by atoms with Crippen molar-refractivity contribution in [3.05, 3.63) is 90.0 Å². The van der Waals surface area contributed by atoms with E-state index < -0.39 is 27.0 Å². The van der Waals surface area contributed by atoms with E-state index in [0.29, 0.717) is 24.2 Å². The van der Waals surface area contributed by atoms with Gasteiger partial charge in [-0.15, -0.1) is 0 Å². The number of hydrogen-bond donors (Lipinski definition) is 1. The molecule has 11 heteroatoms. The van der Waals surface area contributed by atoms with E-state index in [2.05, 4.69) is 5.32 Å². The molecule has 3 aromatic rings. The molecule has 9 nitrogen and oxygen atoms in total. The Kier molecular flexibility index (Phi) is 8.49. The highest BCUT2D eigenvalue weighted by molar-refractivity contribution is 7.89. The Hall–Kier alpha value is -3.38. The monoisotopic (exact) mass is 541 g/mol. The van der Waals surface area contributed by atoms with Crippen molar-refractivity contribution in [3.8, 4) is 5.75 Å². The number of benzene rings is 3. The Bertz CT molecular complexity index is 1400. The van der Waals surface area contributed by atoms with E-state index in [4.69, 9.17) is 4.74 Å². The van der Waals surface area contributed by atoms with Crippen molar-refractivity contribution in [1.82, 2.24) is 9.62 Å². The number of sulfonamides is 1. The number of ketones is 1. The number of carbonyl (C=O) groups excluding carboxylic acids is 2. The highest BCUT2D eigenvalue weighted by atomic mass is 32.2. The van der Waals surface area contributed by atoms with Gasteiger partial charge in [0.25, 0.3) is 5.91 Å². The van der Waals surface area contributed by atoms with E-state index in [9.17, 15) is 26.8 Å². The Morgan fingerprint density at radius 2 is 1.65 bits per heavy atom. The molecule has 3 aromatic carbocycles. The molecule has 0 aromatic heterocycles. The number of piperidine rings is 1. The van der Waals surface area contributed by atoms with Crippen LogP contribution in [0.15, 0.2) is 88.7 Å². The summed E-state index contributed by atoms with van der Waals surface area (Å²) in [5.74, 6) is -0.317. The zero-order chi connectivity index (χ0) is 26.4. The van der Waals surface area contributed by atoms with Gasteiger partial charge in [-0.2, -0.15) is 4.31 Å². The molecular formula is C26H25N2O7S2-. The molecule has 37 heavy (non-hydrogen) atoms. The van der Waals surface area contributed by atoms with E-state index in [1.807, 2.05) is 0 Å². The number of Topliss-reactive ketones (excluding diaryl/α,β-unsaturated/α-hetero) is 1. The van der Waals surface area contributed by atoms with Crippen molar-refractivity contribution < 1.29 is 31.5 Å². The number of para-hydroxylation sites is 1. The minimum Gasteiger partial charge on any atom is -0.768 e. The molecule has 0 bridgehead atoms. The van der Waals surface area contributed by atoms with Crippen LogP contribution in [-0.2, 0) is 21.1 Å². The van der Waals surface area contributed by atoms with Crippen LogP contribution >= 0.6 is 0 Å². The van der Waals surface area contributed by atoms with Crippen LogP contribution in [0.2, 0.25) is 0 Å². The minimum absolute atomic E-state index is 0.0827. The number of amides is 1. The van der Waals surface area contributed by atoms with Crippen LogP contribution < -0.4 is 10.1 Å². The van der Waals surface area contributed by atoms with E-state index in [1.165, 1.54) is 22.5 Å².